The second-order valence-corrected chi connectivity index (χ2v) is 11.5. The molecule has 0 saturated carbocycles. The number of anilines is 1. The SMILES string of the molecule is COc1cc([N+](=O)[O-])ccc1N1C(=O)C2C3c4ccccc4C(/C=N/NC(=O)Cc4ccc([N+](=O)[O-])cc4)(c4ccccc43)C2C1=O. The molecule has 0 radical (unpaired) electrons. The van der Waals surface area contributed by atoms with Gasteiger partial charge in [-0.05, 0) is 33.9 Å². The van der Waals surface area contributed by atoms with Gasteiger partial charge >= 0.3 is 0 Å². The minimum Gasteiger partial charge on any atom is -0.494 e. The van der Waals surface area contributed by atoms with Gasteiger partial charge in [-0.15, -0.1) is 0 Å². The number of nitrogens with one attached hydrogen (secondary N) is 1. The molecule has 47 heavy (non-hydrogen) atoms. The van der Waals surface area contributed by atoms with Gasteiger partial charge in [-0.3, -0.25) is 34.6 Å². The van der Waals surface area contributed by atoms with Crippen LogP contribution in [0.1, 0.15) is 33.7 Å². The molecule has 4 aliphatic rings. The summed E-state index contributed by atoms with van der Waals surface area (Å²) in [4.78, 5) is 64.3. The van der Waals surface area contributed by atoms with Crippen molar-refractivity contribution < 1.29 is 29.0 Å². The number of nitro benzene ring substituents is 2. The topological polar surface area (TPSA) is 174 Å². The van der Waals surface area contributed by atoms with Crippen LogP contribution in [0.25, 0.3) is 0 Å². The summed E-state index contributed by atoms with van der Waals surface area (Å²) in [5.41, 5.74) is 4.83. The van der Waals surface area contributed by atoms with Gasteiger partial charge in [0.05, 0.1) is 52.4 Å². The third-order valence-corrected chi connectivity index (χ3v) is 9.27. The summed E-state index contributed by atoms with van der Waals surface area (Å²) in [7, 11) is 1.31. The van der Waals surface area contributed by atoms with Crippen molar-refractivity contribution in [2.24, 2.45) is 16.9 Å². The first-order valence-corrected chi connectivity index (χ1v) is 14.6. The highest BCUT2D eigenvalue weighted by Gasteiger charge is 2.68. The lowest BCUT2D eigenvalue weighted by molar-refractivity contribution is -0.385. The molecule has 2 unspecified atom stereocenters. The molecule has 1 N–H and O–H groups in total. The Morgan fingerprint density at radius 1 is 0.894 bits per heavy atom. The number of carbonyl (C=O) groups excluding carboxylic acids is 3. The molecule has 1 fully saturated rings. The maximum Gasteiger partial charge on any atom is 0.273 e. The van der Waals surface area contributed by atoms with Gasteiger partial charge in [0.15, 0.2) is 0 Å². The van der Waals surface area contributed by atoms with Crippen LogP contribution in [0.2, 0.25) is 0 Å². The van der Waals surface area contributed by atoms with Crippen LogP contribution in [0.3, 0.4) is 0 Å². The number of benzene rings is 4. The van der Waals surface area contributed by atoms with Crippen molar-refractivity contribution in [2.45, 2.75) is 17.8 Å². The molecule has 0 spiro atoms. The van der Waals surface area contributed by atoms with Crippen LogP contribution in [0, 0.1) is 32.1 Å². The number of nitro groups is 2. The Bertz CT molecular complexity index is 1990. The zero-order chi connectivity index (χ0) is 33.0. The van der Waals surface area contributed by atoms with Crippen LogP contribution in [0.15, 0.2) is 96.1 Å². The molecular weight excluding hydrogens is 606 g/mol. The molecule has 2 bridgehead atoms. The number of non-ortho nitro benzene ring substituents is 2. The Kier molecular flexibility index (Phi) is 6.88. The van der Waals surface area contributed by atoms with E-state index in [1.165, 1.54) is 55.8 Å². The van der Waals surface area contributed by atoms with Crippen LogP contribution in [-0.2, 0) is 26.2 Å². The first kappa shape index (κ1) is 29.5. The molecule has 1 saturated heterocycles. The average molecular weight is 632 g/mol. The summed E-state index contributed by atoms with van der Waals surface area (Å²) in [5.74, 6) is -3.73. The minimum atomic E-state index is -1.26. The smallest absolute Gasteiger partial charge is 0.273 e. The summed E-state index contributed by atoms with van der Waals surface area (Å²) in [6.07, 6.45) is 1.42. The number of imide groups is 1. The molecule has 3 aliphatic carbocycles. The Labute approximate surface area is 266 Å². The van der Waals surface area contributed by atoms with E-state index in [1.54, 1.807) is 0 Å². The summed E-state index contributed by atoms with van der Waals surface area (Å²) in [6.45, 7) is 0. The highest BCUT2D eigenvalue weighted by Crippen LogP contribution is 2.64. The molecule has 13 heteroatoms. The van der Waals surface area contributed by atoms with E-state index in [-0.39, 0.29) is 29.2 Å². The first-order valence-electron chi connectivity index (χ1n) is 14.6. The highest BCUT2D eigenvalue weighted by atomic mass is 16.6. The number of hydrogen-bond acceptors (Lipinski definition) is 9. The molecule has 4 aromatic carbocycles. The number of amides is 3. The largest absolute Gasteiger partial charge is 0.494 e. The van der Waals surface area contributed by atoms with Crippen LogP contribution in [-0.4, -0.2) is 40.9 Å². The van der Waals surface area contributed by atoms with E-state index in [0.717, 1.165) is 27.2 Å². The Morgan fingerprint density at radius 2 is 1.49 bits per heavy atom. The fraction of sp³-hybridized carbons (Fsp3) is 0.176. The molecule has 4 aromatic rings. The number of carbonyl (C=O) groups is 3. The van der Waals surface area contributed by atoms with E-state index in [1.807, 2.05) is 48.5 Å². The predicted octanol–water partition coefficient (Wildman–Crippen LogP) is 4.41. The molecule has 0 aromatic heterocycles. The highest BCUT2D eigenvalue weighted by molar-refractivity contribution is 6.25. The van der Waals surface area contributed by atoms with E-state index in [0.29, 0.717) is 5.56 Å². The summed E-state index contributed by atoms with van der Waals surface area (Å²) in [6, 6.07) is 24.4. The van der Waals surface area contributed by atoms with E-state index in [9.17, 15) is 34.6 Å². The lowest BCUT2D eigenvalue weighted by atomic mass is 9.47. The van der Waals surface area contributed by atoms with Gasteiger partial charge in [0.1, 0.15) is 5.75 Å². The maximum absolute atomic E-state index is 14.6. The van der Waals surface area contributed by atoms with Crippen molar-refractivity contribution in [1.29, 1.82) is 0 Å². The predicted molar refractivity (Wildman–Crippen MR) is 168 cm³/mol. The van der Waals surface area contributed by atoms with Gasteiger partial charge in [0.2, 0.25) is 17.7 Å². The molecule has 1 heterocycles. The molecule has 8 rings (SSSR count). The zero-order valence-corrected chi connectivity index (χ0v) is 24.7. The van der Waals surface area contributed by atoms with Gasteiger partial charge in [-0.25, -0.2) is 10.3 Å². The van der Waals surface area contributed by atoms with E-state index < -0.39 is 50.7 Å². The summed E-state index contributed by atoms with van der Waals surface area (Å²) in [5, 5.41) is 26.8. The number of rotatable bonds is 8. The number of methoxy groups -OCH3 is 1. The van der Waals surface area contributed by atoms with Crippen molar-refractivity contribution in [3.05, 3.63) is 139 Å². The third-order valence-electron chi connectivity index (χ3n) is 9.27. The summed E-state index contributed by atoms with van der Waals surface area (Å²) < 4.78 is 5.42. The van der Waals surface area contributed by atoms with Crippen LogP contribution in [0.4, 0.5) is 17.1 Å². The van der Waals surface area contributed by atoms with E-state index >= 15 is 0 Å². The molecule has 3 amide bonds. The first-order chi connectivity index (χ1) is 22.7. The number of ether oxygens (including phenoxy) is 1. The number of hydrogen-bond donors (Lipinski definition) is 1. The van der Waals surface area contributed by atoms with E-state index in [2.05, 4.69) is 10.5 Å². The number of hydrazone groups is 1. The Balaban J connectivity index is 1.31. The van der Waals surface area contributed by atoms with Crippen LogP contribution < -0.4 is 15.1 Å². The van der Waals surface area contributed by atoms with Gasteiger partial charge in [0.25, 0.3) is 11.4 Å². The number of nitrogens with zero attached hydrogens (tertiary/aromatic N) is 4. The molecule has 1 aliphatic heterocycles. The molecule has 234 valence electrons. The second kappa shape index (κ2) is 11.0. The quantitative estimate of drug-likeness (QED) is 0.129. The van der Waals surface area contributed by atoms with Crippen molar-refractivity contribution >= 4 is 41.0 Å². The lowest BCUT2D eigenvalue weighted by Crippen LogP contribution is -2.54. The van der Waals surface area contributed by atoms with Crippen LogP contribution in [0.5, 0.6) is 5.75 Å². The maximum atomic E-state index is 14.6. The fourth-order valence-electron chi connectivity index (χ4n) is 7.42. The lowest BCUT2D eigenvalue weighted by Gasteiger charge is -2.52. The van der Waals surface area contributed by atoms with E-state index in [4.69, 9.17) is 4.74 Å². The zero-order valence-electron chi connectivity index (χ0n) is 24.7. The van der Waals surface area contributed by atoms with Crippen LogP contribution >= 0.6 is 0 Å². The Morgan fingerprint density at radius 3 is 2.09 bits per heavy atom. The van der Waals surface area contributed by atoms with Crippen molar-refractivity contribution in [2.75, 3.05) is 12.0 Å². The fourth-order valence-corrected chi connectivity index (χ4v) is 7.42. The van der Waals surface area contributed by atoms with Gasteiger partial charge in [0, 0.05) is 30.3 Å². The van der Waals surface area contributed by atoms with Crippen molar-refractivity contribution in [1.82, 2.24) is 5.43 Å². The van der Waals surface area contributed by atoms with Crippen molar-refractivity contribution in [3.63, 3.8) is 0 Å². The standard InChI is InChI=1S/C34H25N5O8/c1-47-27-17-21(39(45)46)14-15-26(27)37-32(41)30-29-22-6-2-4-8-24(22)34(31(30)33(37)42,25-9-5-3-7-23(25)29)18-35-36-28(40)16-19-10-12-20(13-11-19)38(43)44/h2-15,17-18,29-31H,16H2,1H3,(H,36,40)/b35-18+. The third kappa shape index (κ3) is 4.38. The second-order valence-electron chi connectivity index (χ2n) is 11.5. The summed E-state index contributed by atoms with van der Waals surface area (Å²) >= 11 is 0. The molecular formula is C34H25N5O8. The molecule has 2 atom stereocenters. The minimum absolute atomic E-state index is 0.00291. The Hall–Kier alpha value is -6.24. The van der Waals surface area contributed by atoms with Crippen molar-refractivity contribution in [3.8, 4) is 5.75 Å². The monoisotopic (exact) mass is 631 g/mol. The van der Waals surface area contributed by atoms with Gasteiger partial charge in [-0.2, -0.15) is 5.10 Å². The normalized spacial score (nSPS) is 22.1. The van der Waals surface area contributed by atoms with Gasteiger partial charge in [-0.1, -0.05) is 60.7 Å². The van der Waals surface area contributed by atoms with Gasteiger partial charge < -0.3 is 4.74 Å². The molecule has 13 nitrogen and oxygen atoms in total. The average Bonchev–Trinajstić information content (AvgIpc) is 3.34.